The molecular weight excluding hydrogens is 458 g/mol. The molecule has 1 N–H and O–H groups in total. The first-order valence-electron chi connectivity index (χ1n) is 10.1. The van der Waals surface area contributed by atoms with Crippen molar-refractivity contribution in [1.82, 2.24) is 5.43 Å². The van der Waals surface area contributed by atoms with Gasteiger partial charge in [-0.25, -0.2) is 10.2 Å². The van der Waals surface area contributed by atoms with Crippen LogP contribution in [0.2, 0.25) is 0 Å². The molecule has 3 aromatic carbocycles. The van der Waals surface area contributed by atoms with E-state index in [0.717, 1.165) is 0 Å². The van der Waals surface area contributed by atoms with Crippen LogP contribution in [0.5, 0.6) is 23.0 Å². The van der Waals surface area contributed by atoms with E-state index in [2.05, 4.69) is 10.5 Å². The summed E-state index contributed by atoms with van der Waals surface area (Å²) in [5, 5.41) is 14.5. The van der Waals surface area contributed by atoms with E-state index in [1.807, 2.05) is 0 Å². The molecule has 35 heavy (non-hydrogen) atoms. The second-order valence-electron chi connectivity index (χ2n) is 6.86. The van der Waals surface area contributed by atoms with Crippen molar-refractivity contribution >= 4 is 23.8 Å². The van der Waals surface area contributed by atoms with Crippen molar-refractivity contribution in [3.63, 3.8) is 0 Å². The van der Waals surface area contributed by atoms with Gasteiger partial charge >= 0.3 is 5.97 Å². The van der Waals surface area contributed by atoms with Crippen molar-refractivity contribution in [3.05, 3.63) is 88.0 Å². The molecule has 0 unspecified atom stereocenters. The molecule has 0 bridgehead atoms. The maximum atomic E-state index is 12.4. The highest BCUT2D eigenvalue weighted by molar-refractivity contribution is 5.92. The van der Waals surface area contributed by atoms with Crippen LogP contribution in [-0.2, 0) is 4.79 Å². The van der Waals surface area contributed by atoms with Gasteiger partial charge in [-0.15, -0.1) is 0 Å². The van der Waals surface area contributed by atoms with Gasteiger partial charge in [-0.05, 0) is 60.2 Å². The van der Waals surface area contributed by atoms with E-state index in [9.17, 15) is 19.7 Å². The molecule has 11 nitrogen and oxygen atoms in total. The Morgan fingerprint density at radius 2 is 1.63 bits per heavy atom. The number of esters is 1. The summed E-state index contributed by atoms with van der Waals surface area (Å²) in [7, 11) is 2.96. The van der Waals surface area contributed by atoms with Crippen molar-refractivity contribution in [3.8, 4) is 23.0 Å². The van der Waals surface area contributed by atoms with Crippen LogP contribution in [0.1, 0.15) is 15.9 Å². The highest BCUT2D eigenvalue weighted by Crippen LogP contribution is 2.28. The van der Waals surface area contributed by atoms with E-state index in [-0.39, 0.29) is 18.0 Å². The quantitative estimate of drug-likeness (QED) is 0.154. The van der Waals surface area contributed by atoms with Gasteiger partial charge in [-0.2, -0.15) is 5.10 Å². The smallest absolute Gasteiger partial charge is 0.343 e. The van der Waals surface area contributed by atoms with E-state index < -0.39 is 16.8 Å². The Morgan fingerprint density at radius 3 is 2.26 bits per heavy atom. The summed E-state index contributed by atoms with van der Waals surface area (Å²) < 4.78 is 21.0. The number of ether oxygens (including phenoxy) is 4. The van der Waals surface area contributed by atoms with E-state index in [4.69, 9.17) is 18.9 Å². The van der Waals surface area contributed by atoms with Gasteiger partial charge in [0.25, 0.3) is 11.6 Å². The summed E-state index contributed by atoms with van der Waals surface area (Å²) in [5.41, 5.74) is 3.14. The lowest BCUT2D eigenvalue weighted by atomic mass is 10.2. The minimum Gasteiger partial charge on any atom is -0.497 e. The van der Waals surface area contributed by atoms with E-state index in [1.54, 1.807) is 42.5 Å². The monoisotopic (exact) mass is 479 g/mol. The van der Waals surface area contributed by atoms with Crippen molar-refractivity contribution in [2.45, 2.75) is 0 Å². The number of methoxy groups -OCH3 is 2. The van der Waals surface area contributed by atoms with Crippen molar-refractivity contribution in [1.29, 1.82) is 0 Å². The molecular formula is C24H21N3O8. The molecule has 0 fully saturated rings. The van der Waals surface area contributed by atoms with Crippen molar-refractivity contribution in [2.24, 2.45) is 5.10 Å². The summed E-state index contributed by atoms with van der Waals surface area (Å²) >= 11 is 0. The molecule has 0 saturated heterocycles. The van der Waals surface area contributed by atoms with Gasteiger partial charge in [0.2, 0.25) is 0 Å². The molecule has 0 aliphatic heterocycles. The Balaban J connectivity index is 1.54. The maximum absolute atomic E-state index is 12.4. The Bertz CT molecular complexity index is 1220. The lowest BCUT2D eigenvalue weighted by molar-refractivity contribution is -0.384. The van der Waals surface area contributed by atoms with Gasteiger partial charge in [0.15, 0.2) is 18.1 Å². The van der Waals surface area contributed by atoms with Crippen LogP contribution < -0.4 is 24.4 Å². The lowest BCUT2D eigenvalue weighted by Crippen LogP contribution is -2.24. The standard InChI is InChI=1S/C24H21N3O8/c1-32-19-8-4-17(5-9-19)24(29)35-21-12-3-16(13-22(21)33-2)14-25-26-23(28)15-34-20-10-6-18(7-11-20)27(30)31/h3-14H,15H2,1-2H3,(H,26,28)/b25-14-. The Hall–Kier alpha value is -4.93. The highest BCUT2D eigenvalue weighted by atomic mass is 16.6. The van der Waals surface area contributed by atoms with Gasteiger partial charge in [0.1, 0.15) is 11.5 Å². The predicted octanol–water partition coefficient (Wildman–Crippen LogP) is 3.36. The molecule has 0 aliphatic carbocycles. The molecule has 11 heteroatoms. The van der Waals surface area contributed by atoms with E-state index >= 15 is 0 Å². The van der Waals surface area contributed by atoms with Crippen molar-refractivity contribution < 1.29 is 33.5 Å². The van der Waals surface area contributed by atoms with E-state index in [1.165, 1.54) is 44.7 Å². The van der Waals surface area contributed by atoms with Crippen LogP contribution in [0.25, 0.3) is 0 Å². The molecule has 1 amide bonds. The number of benzene rings is 3. The number of carbonyl (C=O) groups excluding carboxylic acids is 2. The first kappa shape index (κ1) is 24.7. The fourth-order valence-corrected chi connectivity index (χ4v) is 2.76. The lowest BCUT2D eigenvalue weighted by Gasteiger charge is -2.10. The first-order valence-corrected chi connectivity index (χ1v) is 10.1. The second kappa shape index (κ2) is 11.8. The summed E-state index contributed by atoms with van der Waals surface area (Å²) in [6, 6.07) is 16.6. The number of hydrogen-bond donors (Lipinski definition) is 1. The molecule has 0 aliphatic rings. The average molecular weight is 479 g/mol. The summed E-state index contributed by atoms with van der Waals surface area (Å²) in [6.45, 7) is -0.335. The number of nitrogens with one attached hydrogen (secondary N) is 1. The fourth-order valence-electron chi connectivity index (χ4n) is 2.76. The molecule has 0 radical (unpaired) electrons. The molecule has 0 spiro atoms. The van der Waals surface area contributed by atoms with Crippen LogP contribution >= 0.6 is 0 Å². The minimum absolute atomic E-state index is 0.0802. The maximum Gasteiger partial charge on any atom is 0.343 e. The molecule has 180 valence electrons. The Kier molecular flexibility index (Phi) is 8.33. The molecule has 0 heterocycles. The van der Waals surface area contributed by atoms with Gasteiger partial charge in [-0.3, -0.25) is 14.9 Å². The summed E-state index contributed by atoms with van der Waals surface area (Å²) in [4.78, 5) is 34.4. The third-order valence-electron chi connectivity index (χ3n) is 4.54. The summed E-state index contributed by atoms with van der Waals surface area (Å²) in [6.07, 6.45) is 1.38. The SMILES string of the molecule is COc1ccc(C(=O)Oc2ccc(/C=N\NC(=O)COc3ccc([N+](=O)[O-])cc3)cc2OC)cc1. The highest BCUT2D eigenvalue weighted by Gasteiger charge is 2.13. The van der Waals surface area contributed by atoms with Crippen LogP contribution in [0, 0.1) is 10.1 Å². The summed E-state index contributed by atoms with van der Waals surface area (Å²) in [5.74, 6) is 0.339. The fraction of sp³-hybridized carbons (Fsp3) is 0.125. The first-order chi connectivity index (χ1) is 16.9. The number of nitro groups is 1. The number of non-ortho nitro benzene ring substituents is 1. The largest absolute Gasteiger partial charge is 0.497 e. The molecule has 0 aromatic heterocycles. The van der Waals surface area contributed by atoms with Gasteiger partial charge in [0.05, 0.1) is 30.9 Å². The zero-order valence-corrected chi connectivity index (χ0v) is 18.8. The number of hydrazone groups is 1. The van der Waals surface area contributed by atoms with Crippen molar-refractivity contribution in [2.75, 3.05) is 20.8 Å². The van der Waals surface area contributed by atoms with E-state index in [0.29, 0.717) is 28.4 Å². The Labute approximate surface area is 200 Å². The van der Waals surface area contributed by atoms with Crippen LogP contribution in [0.15, 0.2) is 71.8 Å². The third-order valence-corrected chi connectivity index (χ3v) is 4.54. The normalized spacial score (nSPS) is 10.5. The zero-order valence-electron chi connectivity index (χ0n) is 18.8. The van der Waals surface area contributed by atoms with Crippen LogP contribution in [0.3, 0.4) is 0 Å². The minimum atomic E-state index is -0.562. The number of hydrogen-bond acceptors (Lipinski definition) is 9. The van der Waals surface area contributed by atoms with Crippen LogP contribution in [-0.4, -0.2) is 43.8 Å². The number of amides is 1. The second-order valence-corrected chi connectivity index (χ2v) is 6.86. The number of nitro benzene ring substituents is 1. The predicted molar refractivity (Wildman–Crippen MR) is 125 cm³/mol. The van der Waals surface area contributed by atoms with Gasteiger partial charge in [-0.1, -0.05) is 0 Å². The number of carbonyl (C=O) groups is 2. The molecule has 0 saturated carbocycles. The number of nitrogens with zero attached hydrogens (tertiary/aromatic N) is 2. The Morgan fingerprint density at radius 1 is 0.943 bits per heavy atom. The zero-order chi connectivity index (χ0) is 25.2. The van der Waals surface area contributed by atoms with Gasteiger partial charge < -0.3 is 18.9 Å². The third kappa shape index (κ3) is 7.02. The molecule has 3 rings (SSSR count). The van der Waals surface area contributed by atoms with Gasteiger partial charge in [0, 0.05) is 12.1 Å². The topological polar surface area (TPSA) is 139 Å². The molecule has 0 atom stereocenters. The average Bonchev–Trinajstić information content (AvgIpc) is 2.88. The molecule has 3 aromatic rings. The van der Waals surface area contributed by atoms with Crippen LogP contribution in [0.4, 0.5) is 5.69 Å². The number of rotatable bonds is 10.